The van der Waals surface area contributed by atoms with Crippen LogP contribution in [0.25, 0.3) is 0 Å². The van der Waals surface area contributed by atoms with Crippen LogP contribution in [0.4, 0.5) is 0 Å². The minimum absolute atomic E-state index is 0.0895. The molecule has 2 aromatic carbocycles. The highest BCUT2D eigenvalue weighted by atomic mass is 32.2. The van der Waals surface area contributed by atoms with E-state index in [4.69, 9.17) is 4.74 Å². The summed E-state index contributed by atoms with van der Waals surface area (Å²) in [6.07, 6.45) is 1.65. The minimum Gasteiger partial charge on any atom is -0.494 e. The molecule has 0 spiro atoms. The maximum atomic E-state index is 13.6. The maximum absolute atomic E-state index is 13.6. The molecule has 188 valence electrons. The van der Waals surface area contributed by atoms with Crippen LogP contribution < -0.4 is 15.4 Å². The van der Waals surface area contributed by atoms with E-state index in [0.29, 0.717) is 35.4 Å². The molecule has 2 heterocycles. The molecule has 1 saturated carbocycles. The van der Waals surface area contributed by atoms with E-state index < -0.39 is 10.0 Å². The molecule has 2 N–H and O–H groups in total. The fraction of sp³-hybridized carbons (Fsp3) is 0.333. The molecule has 1 amide bonds. The van der Waals surface area contributed by atoms with Crippen LogP contribution >= 0.6 is 0 Å². The van der Waals surface area contributed by atoms with E-state index in [0.717, 1.165) is 18.7 Å². The number of amides is 1. The summed E-state index contributed by atoms with van der Waals surface area (Å²) < 4.78 is 34.0. The van der Waals surface area contributed by atoms with Gasteiger partial charge in [0.15, 0.2) is 0 Å². The fourth-order valence-electron chi connectivity index (χ4n) is 4.75. The van der Waals surface area contributed by atoms with E-state index in [-0.39, 0.29) is 29.9 Å². The van der Waals surface area contributed by atoms with Crippen LogP contribution in [0.2, 0.25) is 0 Å². The summed E-state index contributed by atoms with van der Waals surface area (Å²) in [6.45, 7) is 4.57. The molecule has 0 radical (unpaired) electrons. The highest BCUT2D eigenvalue weighted by Crippen LogP contribution is 2.41. The molecule has 3 aromatic rings. The van der Waals surface area contributed by atoms with Crippen molar-refractivity contribution < 1.29 is 17.9 Å². The third kappa shape index (κ3) is 5.28. The predicted octanol–water partition coefficient (Wildman–Crippen LogP) is 2.82. The van der Waals surface area contributed by atoms with Gasteiger partial charge in [0.1, 0.15) is 5.75 Å². The van der Waals surface area contributed by atoms with E-state index in [1.165, 1.54) is 4.31 Å². The first kappa shape index (κ1) is 24.4. The number of fused-ring (bicyclic) bond motifs is 1. The highest BCUT2D eigenvalue weighted by molar-refractivity contribution is 7.89. The zero-order valence-corrected chi connectivity index (χ0v) is 20.9. The highest BCUT2D eigenvalue weighted by Gasteiger charge is 2.53. The average molecular weight is 507 g/mol. The average Bonchev–Trinajstić information content (AvgIpc) is 3.29. The van der Waals surface area contributed by atoms with Crippen LogP contribution in [0.1, 0.15) is 28.5 Å². The SMILES string of the molecule is CCOc1ccc(S(=O)(=O)N(Cc2ccc(C(=O)NC3[C@H]4CNC[C@@H]34)cc2)Cc2ccccn2)cc1. The Labute approximate surface area is 211 Å². The topological polar surface area (TPSA) is 101 Å². The standard InChI is InChI=1S/C27H30N4O4S/c1-2-35-22-10-12-23(13-11-22)36(33,34)31(18-21-5-3-4-14-29-21)17-19-6-8-20(9-7-19)27(32)30-26-24-15-28-16-25(24)26/h3-14,24-26,28H,2,15-18H2,1H3,(H,30,32)/t24-,25+,26?. The number of benzene rings is 2. The Morgan fingerprint density at radius 1 is 1.03 bits per heavy atom. The van der Waals surface area contributed by atoms with Crippen molar-refractivity contribution in [3.63, 3.8) is 0 Å². The number of ether oxygens (including phenoxy) is 1. The van der Waals surface area contributed by atoms with Gasteiger partial charge in [-0.1, -0.05) is 18.2 Å². The summed E-state index contributed by atoms with van der Waals surface area (Å²) in [4.78, 5) is 17.2. The lowest BCUT2D eigenvalue weighted by molar-refractivity contribution is 0.0946. The second-order valence-electron chi connectivity index (χ2n) is 9.18. The number of piperidine rings is 1. The first-order chi connectivity index (χ1) is 17.5. The molecular formula is C27H30N4O4S. The summed E-state index contributed by atoms with van der Waals surface area (Å²) in [5, 5.41) is 6.44. The van der Waals surface area contributed by atoms with Crippen molar-refractivity contribution in [1.29, 1.82) is 0 Å². The molecule has 1 saturated heterocycles. The lowest BCUT2D eigenvalue weighted by Crippen LogP contribution is -2.32. The third-order valence-electron chi connectivity index (χ3n) is 6.80. The molecule has 0 bridgehead atoms. The summed E-state index contributed by atoms with van der Waals surface area (Å²) in [7, 11) is -3.82. The number of hydrogen-bond acceptors (Lipinski definition) is 6. The van der Waals surface area contributed by atoms with Gasteiger partial charge in [0.25, 0.3) is 5.91 Å². The second-order valence-corrected chi connectivity index (χ2v) is 11.1. The molecule has 2 aliphatic rings. The van der Waals surface area contributed by atoms with Gasteiger partial charge in [0.05, 0.1) is 23.7 Å². The molecule has 3 atom stereocenters. The molecule has 36 heavy (non-hydrogen) atoms. The van der Waals surface area contributed by atoms with E-state index in [9.17, 15) is 13.2 Å². The van der Waals surface area contributed by atoms with Crippen LogP contribution in [0, 0.1) is 11.8 Å². The molecule has 5 rings (SSSR count). The van der Waals surface area contributed by atoms with Crippen molar-refractivity contribution in [2.45, 2.75) is 31.0 Å². The summed E-state index contributed by atoms with van der Waals surface area (Å²) >= 11 is 0. The van der Waals surface area contributed by atoms with E-state index in [1.54, 1.807) is 54.7 Å². The Morgan fingerprint density at radius 3 is 2.39 bits per heavy atom. The van der Waals surface area contributed by atoms with Crippen molar-refractivity contribution in [1.82, 2.24) is 19.9 Å². The summed E-state index contributed by atoms with van der Waals surface area (Å²) in [6, 6.07) is 19.2. The molecule has 2 fully saturated rings. The number of aromatic nitrogens is 1. The first-order valence-electron chi connectivity index (χ1n) is 12.2. The summed E-state index contributed by atoms with van der Waals surface area (Å²) in [5.41, 5.74) is 2.00. The molecule has 8 nitrogen and oxygen atoms in total. The van der Waals surface area contributed by atoms with E-state index >= 15 is 0 Å². The smallest absolute Gasteiger partial charge is 0.251 e. The van der Waals surface area contributed by atoms with Gasteiger partial charge in [-0.3, -0.25) is 9.78 Å². The van der Waals surface area contributed by atoms with Gasteiger partial charge in [0, 0.05) is 37.4 Å². The zero-order chi connectivity index (χ0) is 25.1. The Kier molecular flexibility index (Phi) is 7.04. The van der Waals surface area contributed by atoms with Gasteiger partial charge < -0.3 is 15.4 Å². The first-order valence-corrected chi connectivity index (χ1v) is 13.6. The van der Waals surface area contributed by atoms with Crippen molar-refractivity contribution in [3.8, 4) is 5.75 Å². The van der Waals surface area contributed by atoms with Gasteiger partial charge in [-0.2, -0.15) is 4.31 Å². The Morgan fingerprint density at radius 2 is 1.75 bits per heavy atom. The van der Waals surface area contributed by atoms with Crippen molar-refractivity contribution >= 4 is 15.9 Å². The molecule has 1 aliphatic carbocycles. The van der Waals surface area contributed by atoms with Crippen LogP contribution in [-0.4, -0.2) is 49.4 Å². The van der Waals surface area contributed by atoms with Crippen molar-refractivity contribution in [2.75, 3.05) is 19.7 Å². The van der Waals surface area contributed by atoms with Gasteiger partial charge in [-0.25, -0.2) is 8.42 Å². The van der Waals surface area contributed by atoms with Gasteiger partial charge in [-0.05, 0) is 72.9 Å². The molecule has 1 aromatic heterocycles. The largest absolute Gasteiger partial charge is 0.494 e. The van der Waals surface area contributed by atoms with Gasteiger partial charge >= 0.3 is 0 Å². The number of sulfonamides is 1. The number of nitrogens with zero attached hydrogens (tertiary/aromatic N) is 2. The van der Waals surface area contributed by atoms with Gasteiger partial charge in [0.2, 0.25) is 10.0 Å². The molecule has 1 aliphatic heterocycles. The quantitative estimate of drug-likeness (QED) is 0.439. The van der Waals surface area contributed by atoms with E-state index in [1.807, 2.05) is 25.1 Å². The Hall–Kier alpha value is -3.27. The number of rotatable bonds is 10. The lowest BCUT2D eigenvalue weighted by Gasteiger charge is -2.22. The van der Waals surface area contributed by atoms with Crippen LogP contribution in [-0.2, 0) is 23.1 Å². The number of carbonyl (C=O) groups excluding carboxylic acids is 1. The predicted molar refractivity (Wildman–Crippen MR) is 136 cm³/mol. The van der Waals surface area contributed by atoms with Gasteiger partial charge in [-0.15, -0.1) is 0 Å². The minimum atomic E-state index is -3.82. The Bertz CT molecular complexity index is 1290. The zero-order valence-electron chi connectivity index (χ0n) is 20.1. The second kappa shape index (κ2) is 10.4. The number of pyridine rings is 1. The number of nitrogens with one attached hydrogen (secondary N) is 2. The van der Waals surface area contributed by atoms with Crippen LogP contribution in [0.3, 0.4) is 0 Å². The monoisotopic (exact) mass is 506 g/mol. The molecule has 9 heteroatoms. The molecular weight excluding hydrogens is 476 g/mol. The van der Waals surface area contributed by atoms with Crippen molar-refractivity contribution in [3.05, 3.63) is 89.7 Å². The summed E-state index contributed by atoms with van der Waals surface area (Å²) in [5.74, 6) is 1.61. The molecule has 1 unspecified atom stereocenters. The van der Waals surface area contributed by atoms with Crippen molar-refractivity contribution in [2.24, 2.45) is 11.8 Å². The lowest BCUT2D eigenvalue weighted by atomic mass is 10.1. The van der Waals surface area contributed by atoms with Crippen LogP contribution in [0.5, 0.6) is 5.75 Å². The fourth-order valence-corrected chi connectivity index (χ4v) is 6.15. The number of hydrogen-bond donors (Lipinski definition) is 2. The van der Waals surface area contributed by atoms with Crippen LogP contribution in [0.15, 0.2) is 77.8 Å². The maximum Gasteiger partial charge on any atom is 0.251 e. The Balaban J connectivity index is 1.32. The number of carbonyl (C=O) groups is 1. The van der Waals surface area contributed by atoms with E-state index in [2.05, 4.69) is 15.6 Å². The normalized spacial score (nSPS) is 20.7. The third-order valence-corrected chi connectivity index (χ3v) is 8.61.